The average Bonchev–Trinajstić information content (AvgIpc) is 1.78. The number of primary amides is 2. The Hall–Kier alpha value is -8.72. The predicted octanol–water partition coefficient (Wildman–Crippen LogP) is 9.75. The number of nitrogens with two attached hydrogens (primary N) is 2. The quantitative estimate of drug-likeness (QED) is 0.0464. The summed E-state index contributed by atoms with van der Waals surface area (Å²) in [6.07, 6.45) is 0.0686. The van der Waals surface area contributed by atoms with Crippen LogP contribution in [0, 0.1) is 5.21 Å². The van der Waals surface area contributed by atoms with Gasteiger partial charge in [0, 0.05) is 54.1 Å². The molecule has 0 aromatic heterocycles. The standard InChI is InChI=1S/C35H44ClN5O6.C34H33ClN4O4/c1-6-41(46,30(42)17-19-38-34(45)47-35(3,4)5)40-23(2)18-20-39(33(44)31(40)26-14-10-15-27(36)21-26)29(32(37)43)22-25-13-9-12-24-11-7-8-16-28(24)25;1-22-17-18-38(29(32(36)41)20-25-13-7-12-23-9-5-6-16-28(23)25)34(43)31(26-14-8-15-27(35)19-26)39(22)30(40)21-37-33(42)24-10-3-2-4-11-24/h7-16,21,23,29,31H,6,17-20,22H2,1-5H3,(H2,37,43)(H,38,45);2-16,19,22,29,31H,17-18,20-21H2,1H3,(H2,36,41)(H,37,42). The summed E-state index contributed by atoms with van der Waals surface area (Å²) >= 11 is 12.7. The Bertz CT molecular complexity index is 3760. The first-order chi connectivity index (χ1) is 42.9. The Morgan fingerprint density at radius 3 is 1.60 bits per heavy atom. The van der Waals surface area contributed by atoms with E-state index in [2.05, 4.69) is 10.6 Å². The average molecular weight is 1260 g/mol. The summed E-state index contributed by atoms with van der Waals surface area (Å²) in [5.74, 6) is -3.85. The van der Waals surface area contributed by atoms with E-state index in [9.17, 15) is 43.6 Å². The van der Waals surface area contributed by atoms with E-state index in [1.165, 1.54) is 19.7 Å². The Morgan fingerprint density at radius 2 is 1.10 bits per heavy atom. The van der Waals surface area contributed by atoms with Crippen molar-refractivity contribution in [1.29, 1.82) is 0 Å². The van der Waals surface area contributed by atoms with Gasteiger partial charge in [0.25, 0.3) is 17.7 Å². The molecule has 90 heavy (non-hydrogen) atoms. The van der Waals surface area contributed by atoms with Gasteiger partial charge < -0.3 is 46.7 Å². The van der Waals surface area contributed by atoms with Gasteiger partial charge in [0.05, 0.1) is 19.0 Å². The monoisotopic (exact) mass is 1260 g/mol. The highest BCUT2D eigenvalue weighted by atomic mass is 35.5. The first kappa shape index (κ1) is 67.2. The molecule has 2 heterocycles. The summed E-state index contributed by atoms with van der Waals surface area (Å²) in [4.78, 5) is 112. The summed E-state index contributed by atoms with van der Waals surface area (Å²) < 4.78 is 3.79. The second kappa shape index (κ2) is 29.7. The van der Waals surface area contributed by atoms with Gasteiger partial charge in [-0.3, -0.25) is 28.8 Å². The van der Waals surface area contributed by atoms with Crippen LogP contribution in [0.3, 0.4) is 0 Å². The maximum Gasteiger partial charge on any atom is 0.407 e. The highest BCUT2D eigenvalue weighted by Gasteiger charge is 2.50. The largest absolute Gasteiger partial charge is 0.604 e. The van der Waals surface area contributed by atoms with Gasteiger partial charge >= 0.3 is 12.0 Å². The molecule has 0 spiro atoms. The van der Waals surface area contributed by atoms with Crippen molar-refractivity contribution in [3.63, 3.8) is 0 Å². The molecule has 7 aromatic carbocycles. The minimum absolute atomic E-state index is 0.129. The van der Waals surface area contributed by atoms with E-state index >= 15 is 0 Å². The minimum atomic E-state index is -1.46. The Balaban J connectivity index is 0.000000233. The SMILES string of the molecule is CC1CCN(C(Cc2cccc3ccccc23)C(N)=O)C(=O)C(c2cccc(Cl)c2)N1C(=O)CNC(=O)c1ccccc1.CC[N+]([O-])(C(=O)CCNC(=O)OC(C)(C)C)N1C(C)CCN(C(Cc2cccc3ccccc23)C(N)=O)C(=O)C1c1cccc(Cl)c1. The number of hydroxylamine groups is 2. The Morgan fingerprint density at radius 1 is 0.633 bits per heavy atom. The summed E-state index contributed by atoms with van der Waals surface area (Å²) in [6, 6.07) is 43.9. The van der Waals surface area contributed by atoms with E-state index in [1.807, 2.05) is 91.9 Å². The smallest absolute Gasteiger partial charge is 0.407 e. The number of nitrogens with zero attached hydrogens (tertiary/aromatic N) is 5. The molecule has 0 aliphatic carbocycles. The van der Waals surface area contributed by atoms with Crippen LogP contribution in [-0.2, 0) is 46.3 Å². The number of alkyl carbamates (subject to hydrolysis) is 1. The predicted molar refractivity (Wildman–Crippen MR) is 347 cm³/mol. The van der Waals surface area contributed by atoms with Crippen molar-refractivity contribution in [2.75, 3.05) is 32.7 Å². The maximum atomic E-state index is 14.7. The molecule has 472 valence electrons. The number of fused-ring (bicyclic) bond motifs is 2. The van der Waals surface area contributed by atoms with Crippen molar-refractivity contribution in [3.05, 3.63) is 207 Å². The number of quaternary nitrogens is 1. The number of ether oxygens (including phenoxy) is 1. The van der Waals surface area contributed by atoms with E-state index in [1.54, 1.807) is 113 Å². The summed E-state index contributed by atoms with van der Waals surface area (Å²) in [6.45, 7) is 10.1. The third-order valence-electron chi connectivity index (χ3n) is 16.3. The van der Waals surface area contributed by atoms with Crippen LogP contribution in [0.5, 0.6) is 0 Å². The number of carbonyl (C=O) groups excluding carboxylic acids is 8. The van der Waals surface area contributed by atoms with Gasteiger partial charge in [0.1, 0.15) is 30.3 Å². The zero-order valence-electron chi connectivity index (χ0n) is 51.4. The van der Waals surface area contributed by atoms with Crippen LogP contribution >= 0.6 is 23.2 Å². The van der Waals surface area contributed by atoms with Crippen LogP contribution < -0.4 is 22.1 Å². The molecular formula is C69H77Cl2N9O10. The first-order valence-corrected chi connectivity index (χ1v) is 30.8. The first-order valence-electron chi connectivity index (χ1n) is 30.1. The van der Waals surface area contributed by atoms with Crippen molar-refractivity contribution < 1.29 is 47.8 Å². The van der Waals surface area contributed by atoms with Crippen molar-refractivity contribution in [2.45, 2.75) is 115 Å². The van der Waals surface area contributed by atoms with Crippen LogP contribution in [0.25, 0.3) is 21.5 Å². The van der Waals surface area contributed by atoms with Gasteiger partial charge in [-0.05, 0) is 135 Å². The third-order valence-corrected chi connectivity index (χ3v) is 16.8. The van der Waals surface area contributed by atoms with E-state index in [-0.39, 0.29) is 58.4 Å². The molecule has 7 atom stereocenters. The molecule has 9 rings (SSSR count). The number of hydrogen-bond acceptors (Lipinski definition) is 11. The van der Waals surface area contributed by atoms with Crippen LogP contribution in [0.1, 0.15) is 106 Å². The summed E-state index contributed by atoms with van der Waals surface area (Å²) in [5.41, 5.74) is 14.3. The number of halogens is 2. The fourth-order valence-corrected chi connectivity index (χ4v) is 12.3. The molecule has 7 aromatic rings. The van der Waals surface area contributed by atoms with Crippen molar-refractivity contribution >= 4 is 92.2 Å². The lowest BCUT2D eigenvalue weighted by molar-refractivity contribution is -0.933. The van der Waals surface area contributed by atoms with Gasteiger partial charge in [-0.15, -0.1) is 5.01 Å². The van der Waals surface area contributed by atoms with Gasteiger partial charge in [-0.1, -0.05) is 151 Å². The number of hydrogen-bond donors (Lipinski definition) is 4. The third kappa shape index (κ3) is 16.0. The molecule has 0 radical (unpaired) electrons. The molecule has 6 N–H and O–H groups in total. The molecule has 19 nitrogen and oxygen atoms in total. The fourth-order valence-electron chi connectivity index (χ4n) is 11.9. The number of benzene rings is 7. The zero-order valence-corrected chi connectivity index (χ0v) is 52.9. The van der Waals surface area contributed by atoms with Gasteiger partial charge in [0.15, 0.2) is 6.04 Å². The highest BCUT2D eigenvalue weighted by molar-refractivity contribution is 6.31. The molecule has 0 saturated carbocycles. The number of carbonyl (C=O) groups is 8. The van der Waals surface area contributed by atoms with Crippen molar-refractivity contribution in [2.24, 2.45) is 11.5 Å². The maximum absolute atomic E-state index is 14.7. The fraction of sp³-hybridized carbons (Fsp3) is 0.333. The van der Waals surface area contributed by atoms with E-state index in [0.717, 1.165) is 32.7 Å². The topological polar surface area (TPSA) is 258 Å². The molecule has 7 unspecified atom stereocenters. The van der Waals surface area contributed by atoms with Crippen molar-refractivity contribution in [3.8, 4) is 0 Å². The lowest BCUT2D eigenvalue weighted by atomic mass is 9.96. The van der Waals surface area contributed by atoms with Crippen LogP contribution in [0.15, 0.2) is 164 Å². The molecule has 2 aliphatic rings. The van der Waals surface area contributed by atoms with E-state index < -0.39 is 94.1 Å². The minimum Gasteiger partial charge on any atom is -0.604 e. The Kier molecular flexibility index (Phi) is 22.2. The molecular weight excluding hydrogens is 1190 g/mol. The second-order valence-corrected chi connectivity index (χ2v) is 24.5. The van der Waals surface area contributed by atoms with Gasteiger partial charge in [-0.25, -0.2) is 14.3 Å². The lowest BCUT2D eigenvalue weighted by Crippen LogP contribution is -2.65. The van der Waals surface area contributed by atoms with E-state index in [0.29, 0.717) is 33.2 Å². The molecule has 8 amide bonds. The molecule has 0 bridgehead atoms. The molecule has 21 heteroatoms. The van der Waals surface area contributed by atoms with Crippen LogP contribution in [0.4, 0.5) is 4.79 Å². The second-order valence-electron chi connectivity index (χ2n) is 23.6. The van der Waals surface area contributed by atoms with Crippen LogP contribution in [0.2, 0.25) is 10.0 Å². The molecule has 2 aliphatic heterocycles. The summed E-state index contributed by atoms with van der Waals surface area (Å²) in [5, 5.41) is 26.0. The van der Waals surface area contributed by atoms with Gasteiger partial charge in [-0.2, -0.15) is 0 Å². The number of amides is 8. The van der Waals surface area contributed by atoms with Crippen molar-refractivity contribution in [1.82, 2.24) is 30.3 Å². The van der Waals surface area contributed by atoms with Gasteiger partial charge in [0.2, 0.25) is 17.7 Å². The van der Waals surface area contributed by atoms with Crippen LogP contribution in [-0.4, -0.2) is 134 Å². The normalized spacial score (nSPS) is 18.7. The zero-order chi connectivity index (χ0) is 65.0. The lowest BCUT2D eigenvalue weighted by Gasteiger charge is -2.50. The molecule has 2 saturated heterocycles. The number of nitrogens with one attached hydrogen (secondary N) is 2. The Labute approximate surface area is 534 Å². The number of rotatable bonds is 18. The molecule has 2 fully saturated rings. The van der Waals surface area contributed by atoms with E-state index in [4.69, 9.17) is 39.4 Å². The highest BCUT2D eigenvalue weighted by Crippen LogP contribution is 2.38. The summed E-state index contributed by atoms with van der Waals surface area (Å²) in [7, 11) is 0.